The number of methoxy groups -OCH3 is 1. The number of ether oxygens (including phenoxy) is 1. The van der Waals surface area contributed by atoms with E-state index < -0.39 is 7.92 Å². The topological polar surface area (TPSA) is 26.3 Å². The molecule has 0 saturated heterocycles. The fraction of sp³-hybridized carbons (Fsp3) is 0.173. The van der Waals surface area contributed by atoms with Crippen molar-refractivity contribution < 1.29 is 9.53 Å². The normalized spacial score (nSPS) is 11.1. The highest BCUT2D eigenvalue weighted by atomic mass is 31.1. The highest BCUT2D eigenvalue weighted by Crippen LogP contribution is 2.37. The number of hydrogen-bond acceptors (Lipinski definition) is 2. The molecule has 0 saturated carbocycles. The first kappa shape index (κ1) is 37.7. The fourth-order valence-corrected chi connectivity index (χ4v) is 10.1. The highest BCUT2D eigenvalue weighted by Gasteiger charge is 2.25. The molecule has 7 aromatic carbocycles. The summed E-state index contributed by atoms with van der Waals surface area (Å²) in [4.78, 5) is 13.5. The molecule has 274 valence electrons. The van der Waals surface area contributed by atoms with E-state index in [-0.39, 0.29) is 5.97 Å². The average molecular weight is 737 g/mol. The van der Waals surface area contributed by atoms with Crippen LogP contribution >= 0.6 is 7.92 Å². The molecule has 0 N–H and O–H groups in total. The zero-order chi connectivity index (χ0) is 37.7. The van der Waals surface area contributed by atoms with Crippen molar-refractivity contribution in [1.29, 1.82) is 0 Å². The van der Waals surface area contributed by atoms with Crippen LogP contribution in [0.3, 0.4) is 0 Å². The standard InChI is InChI=1S/C52H49O2P/c1-54-52(53)50-24-14-15-25-51(50)55(48-36-44(30-26-40-16-6-2-7-17-40)34-45(37-48)31-27-41-18-8-3-9-19-41)49-38-46(32-28-42-20-10-4-11-21-42)35-47(39-49)33-29-43-22-12-5-13-23-43/h2-25,34-39H,26-33H2,1H3. The first-order valence-electron chi connectivity index (χ1n) is 19.5. The summed E-state index contributed by atoms with van der Waals surface area (Å²) in [7, 11) is 0.355. The minimum atomic E-state index is -1.13. The number of benzene rings is 7. The van der Waals surface area contributed by atoms with E-state index in [1.54, 1.807) is 0 Å². The predicted molar refractivity (Wildman–Crippen MR) is 232 cm³/mol. The minimum Gasteiger partial charge on any atom is -0.465 e. The molecular weight excluding hydrogens is 688 g/mol. The van der Waals surface area contributed by atoms with Gasteiger partial charge in [-0.15, -0.1) is 0 Å². The first-order valence-corrected chi connectivity index (χ1v) is 20.8. The maximum Gasteiger partial charge on any atom is 0.338 e. The number of hydrogen-bond donors (Lipinski definition) is 0. The molecule has 0 fully saturated rings. The Balaban J connectivity index is 1.35. The van der Waals surface area contributed by atoms with Crippen LogP contribution in [-0.2, 0) is 56.1 Å². The zero-order valence-corrected chi connectivity index (χ0v) is 32.6. The lowest BCUT2D eigenvalue weighted by molar-refractivity contribution is 0.0602. The molecule has 0 aliphatic heterocycles. The molecule has 0 unspecified atom stereocenters. The molecule has 7 rings (SSSR count). The fourth-order valence-electron chi connectivity index (χ4n) is 7.43. The predicted octanol–water partition coefficient (Wildman–Crippen LogP) is 10.4. The van der Waals surface area contributed by atoms with E-state index in [0.717, 1.165) is 56.7 Å². The Morgan fingerprint density at radius 2 is 0.673 bits per heavy atom. The summed E-state index contributed by atoms with van der Waals surface area (Å²) >= 11 is 0. The number of rotatable bonds is 16. The van der Waals surface area contributed by atoms with Crippen LogP contribution in [0, 0.1) is 0 Å². The molecule has 0 heterocycles. The van der Waals surface area contributed by atoms with E-state index in [4.69, 9.17) is 4.74 Å². The van der Waals surface area contributed by atoms with Crippen molar-refractivity contribution in [3.05, 3.63) is 232 Å². The summed E-state index contributed by atoms with van der Waals surface area (Å²) in [5.41, 5.74) is 11.3. The van der Waals surface area contributed by atoms with Crippen molar-refractivity contribution in [2.45, 2.75) is 51.4 Å². The van der Waals surface area contributed by atoms with Gasteiger partial charge in [0, 0.05) is 0 Å². The Kier molecular flexibility index (Phi) is 13.1. The van der Waals surface area contributed by atoms with Crippen LogP contribution in [0.1, 0.15) is 54.9 Å². The molecule has 7 aromatic rings. The van der Waals surface area contributed by atoms with Crippen LogP contribution in [0.25, 0.3) is 0 Å². The first-order chi connectivity index (χ1) is 27.1. The monoisotopic (exact) mass is 736 g/mol. The van der Waals surface area contributed by atoms with Gasteiger partial charge in [0.25, 0.3) is 0 Å². The molecule has 0 amide bonds. The molecule has 0 aromatic heterocycles. The van der Waals surface area contributed by atoms with Gasteiger partial charge in [-0.25, -0.2) is 4.79 Å². The molecular formula is C52H49O2P. The van der Waals surface area contributed by atoms with Crippen LogP contribution < -0.4 is 15.9 Å². The molecule has 55 heavy (non-hydrogen) atoms. The number of aryl methyl sites for hydroxylation is 8. The molecule has 3 heteroatoms. The van der Waals surface area contributed by atoms with Crippen LogP contribution in [-0.4, -0.2) is 13.1 Å². The summed E-state index contributed by atoms with van der Waals surface area (Å²) in [6.07, 6.45) is 7.65. The van der Waals surface area contributed by atoms with E-state index in [9.17, 15) is 4.79 Å². The minimum absolute atomic E-state index is 0.294. The van der Waals surface area contributed by atoms with Gasteiger partial charge in [0.1, 0.15) is 0 Å². The summed E-state index contributed by atoms with van der Waals surface area (Å²) < 4.78 is 5.42. The maximum atomic E-state index is 13.5. The van der Waals surface area contributed by atoms with Gasteiger partial charge in [-0.3, -0.25) is 0 Å². The van der Waals surface area contributed by atoms with Gasteiger partial charge in [-0.05, 0) is 126 Å². The van der Waals surface area contributed by atoms with Gasteiger partial charge in [-0.1, -0.05) is 176 Å². The van der Waals surface area contributed by atoms with E-state index in [0.29, 0.717) is 5.56 Å². The van der Waals surface area contributed by atoms with Crippen molar-refractivity contribution >= 4 is 29.8 Å². The van der Waals surface area contributed by atoms with Gasteiger partial charge >= 0.3 is 5.97 Å². The van der Waals surface area contributed by atoms with Crippen LogP contribution in [0.5, 0.6) is 0 Å². The van der Waals surface area contributed by atoms with Crippen molar-refractivity contribution in [3.63, 3.8) is 0 Å². The maximum absolute atomic E-state index is 13.5. The zero-order valence-electron chi connectivity index (χ0n) is 31.7. The summed E-state index contributed by atoms with van der Waals surface area (Å²) in [5, 5.41) is 3.58. The summed E-state index contributed by atoms with van der Waals surface area (Å²) in [6, 6.07) is 65.7. The van der Waals surface area contributed by atoms with Gasteiger partial charge in [0.05, 0.1) is 12.7 Å². The Morgan fingerprint density at radius 1 is 0.382 bits per heavy atom. The third-order valence-corrected chi connectivity index (χ3v) is 12.7. The lowest BCUT2D eigenvalue weighted by Crippen LogP contribution is -2.27. The Labute approximate surface area is 328 Å². The van der Waals surface area contributed by atoms with Crippen LogP contribution in [0.15, 0.2) is 182 Å². The largest absolute Gasteiger partial charge is 0.465 e. The Hall–Kier alpha value is -5.56. The molecule has 0 radical (unpaired) electrons. The van der Waals surface area contributed by atoms with E-state index in [1.807, 2.05) is 12.1 Å². The van der Waals surface area contributed by atoms with Crippen LogP contribution in [0.4, 0.5) is 0 Å². The lowest BCUT2D eigenvalue weighted by Gasteiger charge is -2.25. The van der Waals surface area contributed by atoms with Gasteiger partial charge in [0.2, 0.25) is 0 Å². The van der Waals surface area contributed by atoms with E-state index in [1.165, 1.54) is 62.2 Å². The third kappa shape index (κ3) is 10.6. The van der Waals surface area contributed by atoms with Crippen molar-refractivity contribution in [1.82, 2.24) is 0 Å². The molecule has 0 bridgehead atoms. The van der Waals surface area contributed by atoms with Crippen LogP contribution in [0.2, 0.25) is 0 Å². The van der Waals surface area contributed by atoms with Crippen molar-refractivity contribution in [2.24, 2.45) is 0 Å². The van der Waals surface area contributed by atoms with Crippen molar-refractivity contribution in [2.75, 3.05) is 7.11 Å². The molecule has 0 atom stereocenters. The van der Waals surface area contributed by atoms with Gasteiger partial charge in [-0.2, -0.15) is 0 Å². The average Bonchev–Trinajstić information content (AvgIpc) is 3.25. The lowest BCUT2D eigenvalue weighted by atomic mass is 9.99. The summed E-state index contributed by atoms with van der Waals surface area (Å²) in [6.45, 7) is 0. The van der Waals surface area contributed by atoms with Crippen molar-refractivity contribution in [3.8, 4) is 0 Å². The quantitative estimate of drug-likeness (QED) is 0.0730. The molecule has 0 aliphatic carbocycles. The number of carbonyl (C=O) groups is 1. The number of carbonyl (C=O) groups excluding carboxylic acids is 1. The number of esters is 1. The second-order valence-corrected chi connectivity index (χ2v) is 16.5. The summed E-state index contributed by atoms with van der Waals surface area (Å²) in [5.74, 6) is -0.294. The van der Waals surface area contributed by atoms with E-state index in [2.05, 4.69) is 170 Å². The highest BCUT2D eigenvalue weighted by molar-refractivity contribution is 7.80. The SMILES string of the molecule is COC(=O)c1ccccc1P(c1cc(CCc2ccccc2)cc(CCc2ccccc2)c1)c1cc(CCc2ccccc2)cc(CCc2ccccc2)c1. The second kappa shape index (κ2) is 19.2. The van der Waals surface area contributed by atoms with Gasteiger partial charge in [0.15, 0.2) is 0 Å². The smallest absolute Gasteiger partial charge is 0.338 e. The molecule has 0 aliphatic rings. The van der Waals surface area contributed by atoms with Gasteiger partial charge < -0.3 is 4.74 Å². The Morgan fingerprint density at radius 3 is 1.00 bits per heavy atom. The third-order valence-electron chi connectivity index (χ3n) is 10.3. The second-order valence-electron chi connectivity index (χ2n) is 14.3. The molecule has 0 spiro atoms. The Bertz CT molecular complexity index is 2010. The molecule has 2 nitrogen and oxygen atoms in total. The van der Waals surface area contributed by atoms with E-state index >= 15 is 0 Å².